The zero-order chi connectivity index (χ0) is 14.5. The normalized spacial score (nSPS) is 11.1. The first kappa shape index (κ1) is 14.0. The molecule has 2 rings (SSSR count). The lowest BCUT2D eigenvalue weighted by Gasteiger charge is -2.04. The summed E-state index contributed by atoms with van der Waals surface area (Å²) in [6, 6.07) is 10.0. The van der Waals surface area contributed by atoms with Gasteiger partial charge in [0, 0.05) is 22.5 Å². The van der Waals surface area contributed by atoms with Crippen LogP contribution in [0.4, 0.5) is 22.7 Å². The fourth-order valence-electron chi connectivity index (χ4n) is 1.77. The van der Waals surface area contributed by atoms with Gasteiger partial charge in [0.25, 0.3) is 0 Å². The molecule has 6 heteroatoms. The summed E-state index contributed by atoms with van der Waals surface area (Å²) >= 11 is 0. The van der Waals surface area contributed by atoms with E-state index in [0.717, 1.165) is 0 Å². The highest BCUT2D eigenvalue weighted by molar-refractivity contribution is 5.56. The van der Waals surface area contributed by atoms with Crippen LogP contribution in [0, 0.1) is 0 Å². The number of rotatable bonds is 4. The van der Waals surface area contributed by atoms with E-state index < -0.39 is 0 Å². The van der Waals surface area contributed by atoms with Crippen LogP contribution in [0.3, 0.4) is 0 Å². The van der Waals surface area contributed by atoms with Crippen LogP contribution < -0.4 is 11.5 Å². The molecule has 0 atom stereocenters. The first-order valence-corrected chi connectivity index (χ1v) is 6.04. The van der Waals surface area contributed by atoms with Gasteiger partial charge in [-0.2, -0.15) is 10.2 Å². The van der Waals surface area contributed by atoms with Crippen LogP contribution >= 0.6 is 0 Å². The molecule has 0 radical (unpaired) electrons. The number of aliphatic hydroxyl groups excluding tert-OH is 2. The maximum absolute atomic E-state index is 9.26. The summed E-state index contributed by atoms with van der Waals surface area (Å²) < 4.78 is 0. The molecule has 0 spiro atoms. The Balaban J connectivity index is 2.34. The number of hydrogen-bond acceptors (Lipinski definition) is 6. The quantitative estimate of drug-likeness (QED) is 0.504. The van der Waals surface area contributed by atoms with Gasteiger partial charge in [0.05, 0.1) is 24.6 Å². The van der Waals surface area contributed by atoms with Gasteiger partial charge in [-0.1, -0.05) is 0 Å². The summed E-state index contributed by atoms with van der Waals surface area (Å²) in [5.41, 5.74) is 14.6. The molecule has 0 aliphatic heterocycles. The van der Waals surface area contributed by atoms with Crippen LogP contribution in [0.25, 0.3) is 0 Å². The van der Waals surface area contributed by atoms with Crippen molar-refractivity contribution in [1.29, 1.82) is 0 Å². The van der Waals surface area contributed by atoms with E-state index in [0.29, 0.717) is 33.9 Å². The summed E-state index contributed by atoms with van der Waals surface area (Å²) in [5.74, 6) is 0. The highest BCUT2D eigenvalue weighted by Crippen LogP contribution is 2.27. The number of azo groups is 1. The van der Waals surface area contributed by atoms with E-state index in [2.05, 4.69) is 10.2 Å². The summed E-state index contributed by atoms with van der Waals surface area (Å²) in [4.78, 5) is 0. The summed E-state index contributed by atoms with van der Waals surface area (Å²) in [7, 11) is 0. The van der Waals surface area contributed by atoms with Crippen LogP contribution in [0.15, 0.2) is 46.6 Å². The Morgan fingerprint density at radius 2 is 1.15 bits per heavy atom. The minimum atomic E-state index is -0.173. The molecule has 0 amide bonds. The molecule has 0 bridgehead atoms. The van der Waals surface area contributed by atoms with E-state index in [-0.39, 0.29) is 13.2 Å². The van der Waals surface area contributed by atoms with Gasteiger partial charge in [-0.25, -0.2) is 0 Å². The predicted octanol–water partition coefficient (Wildman–Crippen LogP) is 2.25. The van der Waals surface area contributed by atoms with Crippen LogP contribution in [0.1, 0.15) is 11.1 Å². The molecule has 2 aromatic rings. The fourth-order valence-corrected chi connectivity index (χ4v) is 1.77. The molecule has 0 fully saturated rings. The van der Waals surface area contributed by atoms with Crippen LogP contribution in [-0.4, -0.2) is 10.2 Å². The fraction of sp³-hybridized carbons (Fsp3) is 0.143. The van der Waals surface area contributed by atoms with Crippen molar-refractivity contribution < 1.29 is 10.2 Å². The van der Waals surface area contributed by atoms with Gasteiger partial charge in [-0.05, 0) is 36.4 Å². The van der Waals surface area contributed by atoms with Crippen molar-refractivity contribution in [2.75, 3.05) is 11.5 Å². The van der Waals surface area contributed by atoms with E-state index in [4.69, 9.17) is 11.5 Å². The van der Waals surface area contributed by atoms with E-state index in [1.54, 1.807) is 36.4 Å². The lowest BCUT2D eigenvalue weighted by atomic mass is 10.1. The molecule has 6 N–H and O–H groups in total. The smallest absolute Gasteiger partial charge is 0.0913 e. The molecule has 104 valence electrons. The van der Waals surface area contributed by atoms with Gasteiger partial charge in [-0.15, -0.1) is 0 Å². The predicted molar refractivity (Wildman–Crippen MR) is 77.7 cm³/mol. The number of aliphatic hydroxyl groups is 2. The largest absolute Gasteiger partial charge is 0.399 e. The number of nitrogens with two attached hydrogens (primary N) is 2. The zero-order valence-electron chi connectivity index (χ0n) is 10.8. The van der Waals surface area contributed by atoms with Crippen molar-refractivity contribution in [1.82, 2.24) is 0 Å². The minimum absolute atomic E-state index is 0.173. The van der Waals surface area contributed by atoms with E-state index >= 15 is 0 Å². The third-order valence-electron chi connectivity index (χ3n) is 2.81. The van der Waals surface area contributed by atoms with Gasteiger partial charge in [0.15, 0.2) is 0 Å². The molecule has 0 aromatic heterocycles. The third-order valence-corrected chi connectivity index (χ3v) is 2.81. The van der Waals surface area contributed by atoms with Crippen molar-refractivity contribution in [3.8, 4) is 0 Å². The maximum atomic E-state index is 9.26. The van der Waals surface area contributed by atoms with Gasteiger partial charge < -0.3 is 21.7 Å². The zero-order valence-corrected chi connectivity index (χ0v) is 10.8. The lowest BCUT2D eigenvalue weighted by Crippen LogP contribution is -1.90. The first-order chi connectivity index (χ1) is 9.63. The maximum Gasteiger partial charge on any atom is 0.0913 e. The third kappa shape index (κ3) is 3.11. The first-order valence-electron chi connectivity index (χ1n) is 6.04. The monoisotopic (exact) mass is 272 g/mol. The molecule has 20 heavy (non-hydrogen) atoms. The molecule has 0 saturated heterocycles. The summed E-state index contributed by atoms with van der Waals surface area (Å²) in [6.07, 6.45) is 0. The van der Waals surface area contributed by atoms with E-state index in [1.807, 2.05) is 0 Å². The van der Waals surface area contributed by atoms with Crippen molar-refractivity contribution in [2.24, 2.45) is 10.2 Å². The Labute approximate surface area is 116 Å². The van der Waals surface area contributed by atoms with Gasteiger partial charge >= 0.3 is 0 Å². The Kier molecular flexibility index (Phi) is 4.29. The second-order valence-electron chi connectivity index (χ2n) is 4.29. The number of nitrogen functional groups attached to an aromatic ring is 2. The standard InChI is InChI=1S/C14H16N4O2/c15-11-1-3-13(9(5-11)7-19)17-18-14-4-2-12(16)6-10(14)8-20/h1-6,19-20H,7-8,15-16H2. The van der Waals surface area contributed by atoms with Gasteiger partial charge in [0.2, 0.25) is 0 Å². The number of hydrogen-bond donors (Lipinski definition) is 4. The molecule has 6 nitrogen and oxygen atoms in total. The molecular formula is C14H16N4O2. The number of nitrogens with zero attached hydrogens (tertiary/aromatic N) is 2. The highest BCUT2D eigenvalue weighted by atomic mass is 16.3. The SMILES string of the molecule is Nc1ccc(N=Nc2ccc(N)cc2CO)c(CO)c1. The van der Waals surface area contributed by atoms with Crippen molar-refractivity contribution in [2.45, 2.75) is 13.2 Å². The van der Waals surface area contributed by atoms with Gasteiger partial charge in [0.1, 0.15) is 0 Å². The topological polar surface area (TPSA) is 117 Å². The number of anilines is 2. The summed E-state index contributed by atoms with van der Waals surface area (Å²) in [5, 5.41) is 26.7. The van der Waals surface area contributed by atoms with Crippen molar-refractivity contribution >= 4 is 22.7 Å². The van der Waals surface area contributed by atoms with Crippen LogP contribution in [-0.2, 0) is 13.2 Å². The molecule has 2 aromatic carbocycles. The Morgan fingerprint density at radius 3 is 1.50 bits per heavy atom. The van der Waals surface area contributed by atoms with Crippen LogP contribution in [0.2, 0.25) is 0 Å². The van der Waals surface area contributed by atoms with Crippen molar-refractivity contribution in [3.63, 3.8) is 0 Å². The average molecular weight is 272 g/mol. The van der Waals surface area contributed by atoms with E-state index in [1.165, 1.54) is 0 Å². The van der Waals surface area contributed by atoms with Crippen LogP contribution in [0.5, 0.6) is 0 Å². The molecular weight excluding hydrogens is 256 g/mol. The Hall–Kier alpha value is -2.44. The second kappa shape index (κ2) is 6.14. The summed E-state index contributed by atoms with van der Waals surface area (Å²) in [6.45, 7) is -0.345. The average Bonchev–Trinajstić information content (AvgIpc) is 2.46. The molecule has 0 saturated carbocycles. The van der Waals surface area contributed by atoms with Crippen molar-refractivity contribution in [3.05, 3.63) is 47.5 Å². The van der Waals surface area contributed by atoms with Gasteiger partial charge in [-0.3, -0.25) is 0 Å². The molecule has 0 unspecified atom stereocenters. The molecule has 0 heterocycles. The minimum Gasteiger partial charge on any atom is -0.399 e. The molecule has 0 aliphatic carbocycles. The Bertz CT molecular complexity index is 586. The number of benzene rings is 2. The van der Waals surface area contributed by atoms with E-state index in [9.17, 15) is 10.2 Å². The Morgan fingerprint density at radius 1 is 0.750 bits per heavy atom. The second-order valence-corrected chi connectivity index (χ2v) is 4.29. The lowest BCUT2D eigenvalue weighted by molar-refractivity contribution is 0.281. The highest BCUT2D eigenvalue weighted by Gasteiger charge is 2.03. The molecule has 0 aliphatic rings.